The second-order valence-electron chi connectivity index (χ2n) is 5.79. The van der Waals surface area contributed by atoms with Gasteiger partial charge in [-0.05, 0) is 60.9 Å². The summed E-state index contributed by atoms with van der Waals surface area (Å²) in [6, 6.07) is 14.5. The topological polar surface area (TPSA) is 79.8 Å². The Morgan fingerprint density at radius 3 is 2.58 bits per heavy atom. The number of ether oxygens (including phenoxy) is 1. The van der Waals surface area contributed by atoms with Crippen molar-refractivity contribution in [1.82, 2.24) is 5.43 Å². The van der Waals surface area contributed by atoms with E-state index in [9.17, 15) is 9.59 Å². The number of nitrogens with zero attached hydrogens (tertiary/aromatic N) is 1. The summed E-state index contributed by atoms with van der Waals surface area (Å²) in [5.74, 6) is -0.813. The number of carbonyl (C=O) groups is 2. The molecule has 0 saturated heterocycles. The van der Waals surface area contributed by atoms with Gasteiger partial charge >= 0.3 is 11.8 Å². The first-order chi connectivity index (χ1) is 12.6. The number of rotatable bonds is 7. The van der Waals surface area contributed by atoms with Gasteiger partial charge in [0, 0.05) is 5.69 Å². The van der Waals surface area contributed by atoms with Crippen LogP contribution >= 0.6 is 0 Å². The molecule has 0 unspecified atom stereocenters. The molecule has 0 atom stereocenters. The van der Waals surface area contributed by atoms with Crippen molar-refractivity contribution in [2.45, 2.75) is 26.7 Å². The Balaban J connectivity index is 1.81. The van der Waals surface area contributed by atoms with Gasteiger partial charge in [0.1, 0.15) is 5.75 Å². The minimum absolute atomic E-state index is 0.563. The van der Waals surface area contributed by atoms with E-state index in [1.807, 2.05) is 37.3 Å². The van der Waals surface area contributed by atoms with Gasteiger partial charge < -0.3 is 10.1 Å². The molecule has 2 rings (SSSR count). The molecule has 2 aromatic carbocycles. The van der Waals surface area contributed by atoms with Gasteiger partial charge in [-0.25, -0.2) is 5.43 Å². The third-order valence-corrected chi connectivity index (χ3v) is 3.51. The number of aryl methyl sites for hydroxylation is 1. The zero-order chi connectivity index (χ0) is 18.8. The molecule has 0 aliphatic rings. The summed E-state index contributed by atoms with van der Waals surface area (Å²) < 4.78 is 5.57. The zero-order valence-corrected chi connectivity index (χ0v) is 15.0. The summed E-state index contributed by atoms with van der Waals surface area (Å²) in [6.07, 6.45) is 3.56. The SMILES string of the molecule is CCCCOc1ccc(/C=N/NC(=O)C(=O)Nc2cccc(C)c2)cc1. The van der Waals surface area contributed by atoms with Crippen LogP contribution in [0.4, 0.5) is 5.69 Å². The van der Waals surface area contributed by atoms with Gasteiger partial charge in [-0.1, -0.05) is 25.5 Å². The van der Waals surface area contributed by atoms with Crippen molar-refractivity contribution in [1.29, 1.82) is 0 Å². The zero-order valence-electron chi connectivity index (χ0n) is 15.0. The number of hydrogen-bond donors (Lipinski definition) is 2. The van der Waals surface area contributed by atoms with Gasteiger partial charge in [-0.15, -0.1) is 0 Å². The summed E-state index contributed by atoms with van der Waals surface area (Å²) in [5, 5.41) is 6.32. The molecule has 0 saturated carbocycles. The predicted molar refractivity (Wildman–Crippen MR) is 102 cm³/mol. The smallest absolute Gasteiger partial charge is 0.329 e. The molecule has 26 heavy (non-hydrogen) atoms. The van der Waals surface area contributed by atoms with E-state index in [1.165, 1.54) is 6.21 Å². The van der Waals surface area contributed by atoms with Crippen LogP contribution in [0, 0.1) is 6.92 Å². The van der Waals surface area contributed by atoms with Crippen molar-refractivity contribution in [3.63, 3.8) is 0 Å². The van der Waals surface area contributed by atoms with Crippen molar-refractivity contribution in [3.8, 4) is 5.75 Å². The largest absolute Gasteiger partial charge is 0.494 e. The predicted octanol–water partition coefficient (Wildman–Crippen LogP) is 3.26. The van der Waals surface area contributed by atoms with Crippen molar-refractivity contribution in [2.75, 3.05) is 11.9 Å². The molecule has 0 aliphatic heterocycles. The Hall–Kier alpha value is -3.15. The third kappa shape index (κ3) is 6.39. The number of hydrogen-bond acceptors (Lipinski definition) is 4. The number of benzene rings is 2. The molecule has 0 spiro atoms. The van der Waals surface area contributed by atoms with E-state index in [1.54, 1.807) is 18.2 Å². The van der Waals surface area contributed by atoms with Crippen molar-refractivity contribution in [3.05, 3.63) is 59.7 Å². The minimum atomic E-state index is -0.831. The molecule has 2 amide bonds. The molecule has 0 heterocycles. The summed E-state index contributed by atoms with van der Waals surface area (Å²) in [5.41, 5.74) is 4.55. The summed E-state index contributed by atoms with van der Waals surface area (Å²) in [6.45, 7) is 4.70. The van der Waals surface area contributed by atoms with Gasteiger partial charge in [0.25, 0.3) is 0 Å². The molecular weight excluding hydrogens is 330 g/mol. The monoisotopic (exact) mass is 353 g/mol. The molecule has 136 valence electrons. The lowest BCUT2D eigenvalue weighted by Crippen LogP contribution is -2.32. The van der Waals surface area contributed by atoms with Crippen molar-refractivity contribution in [2.24, 2.45) is 5.10 Å². The maximum absolute atomic E-state index is 11.8. The highest BCUT2D eigenvalue weighted by Crippen LogP contribution is 2.11. The van der Waals surface area contributed by atoms with Gasteiger partial charge in [0.2, 0.25) is 0 Å². The van der Waals surface area contributed by atoms with Crippen molar-refractivity contribution < 1.29 is 14.3 Å². The van der Waals surface area contributed by atoms with Crippen LogP contribution in [0.5, 0.6) is 5.75 Å². The highest BCUT2D eigenvalue weighted by Gasteiger charge is 2.12. The Kier molecular flexibility index (Phi) is 7.36. The lowest BCUT2D eigenvalue weighted by atomic mass is 10.2. The van der Waals surface area contributed by atoms with Crippen molar-refractivity contribution >= 4 is 23.7 Å². The lowest BCUT2D eigenvalue weighted by molar-refractivity contribution is -0.136. The fourth-order valence-electron chi connectivity index (χ4n) is 2.11. The molecule has 2 aromatic rings. The fourth-order valence-corrected chi connectivity index (χ4v) is 2.11. The quantitative estimate of drug-likeness (QED) is 0.347. The fraction of sp³-hybridized carbons (Fsp3) is 0.250. The standard InChI is InChI=1S/C20H23N3O3/c1-3-4-12-26-18-10-8-16(9-11-18)14-21-23-20(25)19(24)22-17-7-5-6-15(2)13-17/h5-11,13-14H,3-4,12H2,1-2H3,(H,22,24)(H,23,25)/b21-14+. The normalized spacial score (nSPS) is 10.5. The number of amides is 2. The van der Waals surface area contributed by atoms with Crippen LogP contribution in [-0.2, 0) is 9.59 Å². The molecule has 0 aliphatic carbocycles. The number of nitrogens with one attached hydrogen (secondary N) is 2. The molecule has 6 nitrogen and oxygen atoms in total. The Morgan fingerprint density at radius 2 is 1.88 bits per heavy atom. The van der Waals surface area contributed by atoms with Crippen LogP contribution in [0.15, 0.2) is 53.6 Å². The van der Waals surface area contributed by atoms with Gasteiger partial charge in [0.15, 0.2) is 0 Å². The molecular formula is C20H23N3O3. The molecule has 0 fully saturated rings. The highest BCUT2D eigenvalue weighted by molar-refractivity contribution is 6.39. The number of anilines is 1. The van der Waals surface area contributed by atoms with E-state index in [0.717, 1.165) is 29.7 Å². The Labute approximate surface area is 153 Å². The van der Waals surface area contributed by atoms with E-state index in [2.05, 4.69) is 22.8 Å². The average Bonchev–Trinajstić information content (AvgIpc) is 2.63. The van der Waals surface area contributed by atoms with Crippen LogP contribution in [-0.4, -0.2) is 24.6 Å². The van der Waals surface area contributed by atoms with E-state index < -0.39 is 11.8 Å². The first kappa shape index (κ1) is 19.2. The average molecular weight is 353 g/mol. The van der Waals surface area contributed by atoms with Crippen LogP contribution in [0.1, 0.15) is 30.9 Å². The number of carbonyl (C=O) groups excluding carboxylic acids is 2. The molecule has 2 N–H and O–H groups in total. The summed E-state index contributed by atoms with van der Waals surface area (Å²) >= 11 is 0. The first-order valence-electron chi connectivity index (χ1n) is 8.52. The second kappa shape index (κ2) is 9.98. The summed E-state index contributed by atoms with van der Waals surface area (Å²) in [4.78, 5) is 23.6. The lowest BCUT2D eigenvalue weighted by Gasteiger charge is -2.05. The van der Waals surface area contributed by atoms with Crippen LogP contribution in [0.25, 0.3) is 0 Å². The van der Waals surface area contributed by atoms with E-state index in [0.29, 0.717) is 12.3 Å². The maximum atomic E-state index is 11.8. The van der Waals surface area contributed by atoms with Crippen LogP contribution in [0.3, 0.4) is 0 Å². The van der Waals surface area contributed by atoms with Gasteiger partial charge in [0.05, 0.1) is 12.8 Å². The molecule has 0 aromatic heterocycles. The first-order valence-corrected chi connectivity index (χ1v) is 8.52. The molecule has 0 bridgehead atoms. The molecule has 6 heteroatoms. The maximum Gasteiger partial charge on any atom is 0.329 e. The number of unbranched alkanes of at least 4 members (excludes halogenated alkanes) is 1. The number of hydrazone groups is 1. The van der Waals surface area contributed by atoms with Gasteiger partial charge in [-0.3, -0.25) is 9.59 Å². The van der Waals surface area contributed by atoms with E-state index >= 15 is 0 Å². The minimum Gasteiger partial charge on any atom is -0.494 e. The van der Waals surface area contributed by atoms with Gasteiger partial charge in [-0.2, -0.15) is 5.10 Å². The molecule has 0 radical (unpaired) electrons. The highest BCUT2D eigenvalue weighted by atomic mass is 16.5. The Morgan fingerprint density at radius 1 is 1.12 bits per heavy atom. The Bertz CT molecular complexity index is 770. The second-order valence-corrected chi connectivity index (χ2v) is 5.79. The third-order valence-electron chi connectivity index (χ3n) is 3.51. The van der Waals surface area contributed by atoms with Crippen LogP contribution < -0.4 is 15.5 Å². The van der Waals surface area contributed by atoms with Crippen LogP contribution in [0.2, 0.25) is 0 Å². The van der Waals surface area contributed by atoms with E-state index in [-0.39, 0.29) is 0 Å². The summed E-state index contributed by atoms with van der Waals surface area (Å²) in [7, 11) is 0. The van der Waals surface area contributed by atoms with E-state index in [4.69, 9.17) is 4.74 Å².